The summed E-state index contributed by atoms with van der Waals surface area (Å²) in [6, 6.07) is 55.3. The summed E-state index contributed by atoms with van der Waals surface area (Å²) >= 11 is 0. The van der Waals surface area contributed by atoms with Crippen molar-refractivity contribution in [3.63, 3.8) is 0 Å². The minimum atomic E-state index is -0.395. The second kappa shape index (κ2) is 17.1. The van der Waals surface area contributed by atoms with Crippen molar-refractivity contribution in [3.05, 3.63) is 199 Å². The van der Waals surface area contributed by atoms with Gasteiger partial charge in [-0.3, -0.25) is 0 Å². The zero-order valence-corrected chi connectivity index (χ0v) is 41.8. The molecule has 0 unspecified atom stereocenters. The van der Waals surface area contributed by atoms with Gasteiger partial charge in [0.05, 0.1) is 0 Å². The third-order valence-electron chi connectivity index (χ3n) is 12.7. The smallest absolute Gasteiger partial charge is 0.135 e. The summed E-state index contributed by atoms with van der Waals surface area (Å²) in [4.78, 5) is 9.33. The Bertz CT molecular complexity index is 3030. The first-order chi connectivity index (χ1) is 30.3. The maximum absolute atomic E-state index is 7.07. The van der Waals surface area contributed by atoms with Gasteiger partial charge >= 0.3 is 0 Å². The van der Waals surface area contributed by atoms with E-state index in [1.54, 1.807) is 0 Å². The van der Waals surface area contributed by atoms with E-state index in [0.29, 0.717) is 11.5 Å². The van der Waals surface area contributed by atoms with E-state index in [4.69, 9.17) is 9.72 Å². The van der Waals surface area contributed by atoms with E-state index in [0.717, 1.165) is 50.1 Å². The molecule has 5 nitrogen and oxygen atoms in total. The van der Waals surface area contributed by atoms with Gasteiger partial charge in [-0.15, -0.1) is 53.8 Å². The van der Waals surface area contributed by atoms with E-state index in [9.17, 15) is 0 Å². The molecular formula is C59H59N4OPt-3. The van der Waals surface area contributed by atoms with Crippen LogP contribution < -0.4 is 14.5 Å². The average molecular weight is 1040 g/mol. The van der Waals surface area contributed by atoms with Crippen molar-refractivity contribution in [2.45, 2.75) is 97.8 Å². The number of aromatic nitrogens is 2. The van der Waals surface area contributed by atoms with Crippen molar-refractivity contribution in [3.8, 4) is 28.4 Å². The number of nitrogens with zero attached hydrogens (tertiary/aromatic N) is 4. The van der Waals surface area contributed by atoms with E-state index >= 15 is 0 Å². The number of anilines is 2. The van der Waals surface area contributed by atoms with Gasteiger partial charge in [0.1, 0.15) is 5.82 Å². The molecule has 0 saturated heterocycles. The van der Waals surface area contributed by atoms with Crippen LogP contribution in [0.4, 0.5) is 11.4 Å². The van der Waals surface area contributed by atoms with Gasteiger partial charge in [-0.05, 0) is 97.6 Å². The molecule has 0 bridgehead atoms. The maximum Gasteiger partial charge on any atom is 0.135 e. The van der Waals surface area contributed by atoms with Crippen molar-refractivity contribution in [2.24, 2.45) is 0 Å². The van der Waals surface area contributed by atoms with Gasteiger partial charge < -0.3 is 19.1 Å². The Labute approximate surface area is 401 Å². The number of hydrogen-bond acceptors (Lipinski definition) is 4. The second-order valence-corrected chi connectivity index (χ2v) is 20.9. The summed E-state index contributed by atoms with van der Waals surface area (Å²) in [5.74, 6) is 2.09. The molecule has 2 aromatic heterocycles. The zero-order chi connectivity index (χ0) is 45.2. The zero-order valence-electron chi connectivity index (χ0n) is 39.5. The van der Waals surface area contributed by atoms with E-state index in [1.807, 2.05) is 6.20 Å². The normalized spacial score (nSPS) is 13.5. The Hall–Kier alpha value is -5.90. The molecule has 0 saturated carbocycles. The first-order valence-corrected chi connectivity index (χ1v) is 22.4. The number of pyridine rings is 1. The largest absolute Gasteiger partial charge is 0.509 e. The van der Waals surface area contributed by atoms with Crippen LogP contribution in [0, 0.1) is 18.8 Å². The van der Waals surface area contributed by atoms with Crippen molar-refractivity contribution in [2.75, 3.05) is 9.80 Å². The molecule has 334 valence electrons. The molecule has 65 heavy (non-hydrogen) atoms. The molecule has 0 aliphatic carbocycles. The fourth-order valence-electron chi connectivity index (χ4n) is 8.70. The third-order valence-corrected chi connectivity index (χ3v) is 12.7. The van der Waals surface area contributed by atoms with Crippen LogP contribution >= 0.6 is 0 Å². The topological polar surface area (TPSA) is 33.5 Å². The molecule has 0 atom stereocenters. The van der Waals surface area contributed by atoms with Crippen LogP contribution in [-0.4, -0.2) is 9.55 Å². The molecule has 0 radical (unpaired) electrons. The predicted octanol–water partition coefficient (Wildman–Crippen LogP) is 15.4. The first kappa shape index (κ1) is 45.7. The SMILES string of the molecule is CC(C)(C)c1cc(Oc2[c-]c3c(c(C(C)(C)c4ccccc4)c2)c2ccccc2n3-c2cc(C(C)(C)C)ccn2)[c-]c(N2C=CN(c3cc(-c4ccccc4)cc(C(C)(C)C)c3)[CH-]2)c1.[Pt]. The predicted molar refractivity (Wildman–Crippen MR) is 268 cm³/mol. The summed E-state index contributed by atoms with van der Waals surface area (Å²) in [5, 5.41) is 2.28. The Morgan fingerprint density at radius 3 is 1.85 bits per heavy atom. The number of fused-ring (bicyclic) bond motifs is 3. The van der Waals surface area contributed by atoms with Crippen LogP contribution in [-0.2, 0) is 42.7 Å². The van der Waals surface area contributed by atoms with Gasteiger partial charge in [-0.25, -0.2) is 4.98 Å². The fraction of sp³-hybridized carbons (Fsp3) is 0.254. The molecule has 0 spiro atoms. The number of ether oxygens (including phenoxy) is 1. The van der Waals surface area contributed by atoms with Gasteiger partial charge in [-0.1, -0.05) is 172 Å². The second-order valence-electron chi connectivity index (χ2n) is 20.9. The Morgan fingerprint density at radius 1 is 0.538 bits per heavy atom. The molecule has 0 amide bonds. The van der Waals surface area contributed by atoms with E-state index in [1.165, 1.54) is 27.8 Å². The monoisotopic (exact) mass is 1030 g/mol. The minimum absolute atomic E-state index is 0. The Morgan fingerprint density at radius 2 is 1.15 bits per heavy atom. The molecule has 6 heteroatoms. The van der Waals surface area contributed by atoms with E-state index < -0.39 is 5.41 Å². The average Bonchev–Trinajstić information content (AvgIpc) is 3.90. The van der Waals surface area contributed by atoms with Gasteiger partial charge in [0.2, 0.25) is 0 Å². The van der Waals surface area contributed by atoms with Gasteiger partial charge in [0, 0.05) is 50.0 Å². The number of benzene rings is 6. The maximum atomic E-state index is 7.07. The van der Waals surface area contributed by atoms with Gasteiger partial charge in [-0.2, -0.15) is 0 Å². The minimum Gasteiger partial charge on any atom is -0.509 e. The Kier molecular flexibility index (Phi) is 12.0. The summed E-state index contributed by atoms with van der Waals surface area (Å²) < 4.78 is 9.32. The standard InChI is InChI=1S/C59H59N4O.Pt/c1-56(2,3)43-26-27-60-54(35-43)63-52-25-19-18-24-50(52)55-51(59(10,11)42-22-16-13-17-23-42)37-49(38-53(55)63)64-48-34-45(58(7,8)9)33-47(36-48)62-29-28-61(39-62)46-31-41(40-20-14-12-15-21-40)30-44(32-46)57(4,5)6;/h12-35,37,39H,1-11H3;/q-3;. The van der Waals surface area contributed by atoms with Crippen molar-refractivity contribution >= 4 is 33.2 Å². The molecular weight excluding hydrogens is 976 g/mol. The molecule has 1 aliphatic heterocycles. The summed E-state index contributed by atoms with van der Waals surface area (Å²) in [7, 11) is 0. The van der Waals surface area contributed by atoms with Gasteiger partial charge in [0.25, 0.3) is 0 Å². The van der Waals surface area contributed by atoms with E-state index in [-0.39, 0.29) is 37.3 Å². The third kappa shape index (κ3) is 9.05. The quantitative estimate of drug-likeness (QED) is 0.142. The van der Waals surface area contributed by atoms with Crippen LogP contribution in [0.25, 0.3) is 38.8 Å². The number of rotatable bonds is 8. The molecule has 3 heterocycles. The van der Waals surface area contributed by atoms with Gasteiger partial charge in [0.15, 0.2) is 0 Å². The molecule has 0 N–H and O–H groups in total. The molecule has 9 rings (SSSR count). The summed E-state index contributed by atoms with van der Waals surface area (Å²) in [6.45, 7) is 27.0. The van der Waals surface area contributed by atoms with Crippen LogP contribution in [0.1, 0.15) is 104 Å². The summed E-state index contributed by atoms with van der Waals surface area (Å²) in [5.41, 5.74) is 11.7. The van der Waals surface area contributed by atoms with Crippen LogP contribution in [0.5, 0.6) is 11.5 Å². The van der Waals surface area contributed by atoms with Crippen molar-refractivity contribution in [1.82, 2.24) is 9.55 Å². The van der Waals surface area contributed by atoms with Crippen molar-refractivity contribution in [1.29, 1.82) is 0 Å². The van der Waals surface area contributed by atoms with Crippen molar-refractivity contribution < 1.29 is 25.8 Å². The Balaban J connectivity index is 0.00000576. The van der Waals surface area contributed by atoms with Crippen LogP contribution in [0.2, 0.25) is 0 Å². The molecule has 8 aromatic rings. The van der Waals surface area contributed by atoms with Crippen LogP contribution in [0.15, 0.2) is 152 Å². The first-order valence-electron chi connectivity index (χ1n) is 22.4. The fourth-order valence-corrected chi connectivity index (χ4v) is 8.70. The molecule has 0 fully saturated rings. The molecule has 6 aromatic carbocycles. The van der Waals surface area contributed by atoms with E-state index in [2.05, 4.69) is 255 Å². The number of hydrogen-bond donors (Lipinski definition) is 0. The number of para-hydroxylation sites is 1. The summed E-state index contributed by atoms with van der Waals surface area (Å²) in [6.07, 6.45) is 6.15. The van der Waals surface area contributed by atoms with Crippen LogP contribution in [0.3, 0.4) is 0 Å². The molecule has 1 aliphatic rings.